The summed E-state index contributed by atoms with van der Waals surface area (Å²) in [6.07, 6.45) is 0. The average Bonchev–Trinajstić information content (AvgIpc) is 3.61. The highest BCUT2D eigenvalue weighted by Gasteiger charge is 2.24. The molecule has 4 heteroatoms. The summed E-state index contributed by atoms with van der Waals surface area (Å²) in [5.74, 6) is 1.53. The normalized spacial score (nSPS) is 11.2. The highest BCUT2D eigenvalue weighted by atomic mass is 16.3. The quantitative estimate of drug-likeness (QED) is 0.243. The summed E-state index contributed by atoms with van der Waals surface area (Å²) in [5.41, 5.74) is 6.66. The molecule has 7 rings (SSSR count). The Hall–Kier alpha value is -5.22. The molecule has 0 saturated heterocycles. The van der Waals surface area contributed by atoms with Crippen molar-refractivity contribution in [3.63, 3.8) is 0 Å². The van der Waals surface area contributed by atoms with Crippen molar-refractivity contribution in [3.05, 3.63) is 140 Å². The molecule has 4 nitrogen and oxygen atoms in total. The first-order valence-electron chi connectivity index (χ1n) is 12.6. The number of benzene rings is 5. The van der Waals surface area contributed by atoms with Crippen LogP contribution in [0.2, 0.25) is 0 Å². The Morgan fingerprint density at radius 3 is 1.61 bits per heavy atom. The molecule has 0 aliphatic rings. The van der Waals surface area contributed by atoms with Crippen LogP contribution in [0.5, 0.6) is 0 Å². The molecule has 0 atom stereocenters. The van der Waals surface area contributed by atoms with Gasteiger partial charge < -0.3 is 4.42 Å². The Balaban J connectivity index is 1.49. The highest BCUT2D eigenvalue weighted by Crippen LogP contribution is 2.43. The maximum absolute atomic E-state index is 6.80. The van der Waals surface area contributed by atoms with E-state index in [4.69, 9.17) is 14.6 Å². The zero-order chi connectivity index (χ0) is 25.3. The van der Waals surface area contributed by atoms with Gasteiger partial charge in [-0.2, -0.15) is 4.80 Å². The van der Waals surface area contributed by atoms with Crippen LogP contribution in [0.25, 0.3) is 61.6 Å². The van der Waals surface area contributed by atoms with E-state index in [0.717, 1.165) is 50.2 Å². The largest absolute Gasteiger partial charge is 0.453 e. The molecule has 0 bridgehead atoms. The molecule has 0 N–H and O–H groups in total. The number of rotatable bonds is 5. The minimum atomic E-state index is 0.708. The second-order valence-corrected chi connectivity index (χ2v) is 9.11. The lowest BCUT2D eigenvalue weighted by Crippen LogP contribution is -1.98. The van der Waals surface area contributed by atoms with Gasteiger partial charge in [-0.15, -0.1) is 10.2 Å². The first kappa shape index (κ1) is 22.0. The predicted molar refractivity (Wildman–Crippen MR) is 153 cm³/mol. The fourth-order valence-electron chi connectivity index (χ4n) is 4.94. The van der Waals surface area contributed by atoms with E-state index >= 15 is 0 Å². The first-order chi connectivity index (χ1) is 18.9. The molecule has 0 spiro atoms. The zero-order valence-corrected chi connectivity index (χ0v) is 20.5. The first-order valence-corrected chi connectivity index (χ1v) is 12.6. The van der Waals surface area contributed by atoms with Crippen LogP contribution in [-0.4, -0.2) is 15.0 Å². The molecule has 0 unspecified atom stereocenters. The molecule has 7 aromatic rings. The number of para-hydroxylation sites is 1. The van der Waals surface area contributed by atoms with Crippen LogP contribution < -0.4 is 0 Å². The molecule has 0 aliphatic heterocycles. The summed E-state index contributed by atoms with van der Waals surface area (Å²) in [6.45, 7) is 0. The molecule has 2 heterocycles. The van der Waals surface area contributed by atoms with Gasteiger partial charge in [0.25, 0.3) is 0 Å². The van der Waals surface area contributed by atoms with Crippen molar-refractivity contribution in [2.45, 2.75) is 0 Å². The molecule has 0 aliphatic carbocycles. The van der Waals surface area contributed by atoms with Gasteiger partial charge >= 0.3 is 0 Å². The van der Waals surface area contributed by atoms with Gasteiger partial charge in [0, 0.05) is 21.9 Å². The molecule has 0 fully saturated rings. The van der Waals surface area contributed by atoms with E-state index in [1.54, 1.807) is 4.80 Å². The average molecular weight is 490 g/mol. The maximum Gasteiger partial charge on any atom is 0.165 e. The summed E-state index contributed by atoms with van der Waals surface area (Å²) in [7, 11) is 0. The number of furan rings is 1. The van der Waals surface area contributed by atoms with Crippen LogP contribution in [0.3, 0.4) is 0 Å². The van der Waals surface area contributed by atoms with E-state index in [1.807, 2.05) is 60.7 Å². The topological polar surface area (TPSA) is 43.9 Å². The maximum atomic E-state index is 6.80. The van der Waals surface area contributed by atoms with Gasteiger partial charge in [0.15, 0.2) is 11.5 Å². The lowest BCUT2D eigenvalue weighted by molar-refractivity contribution is 0.598. The molecule has 38 heavy (non-hydrogen) atoms. The Labute approximate surface area is 220 Å². The smallest absolute Gasteiger partial charge is 0.165 e. The van der Waals surface area contributed by atoms with Gasteiger partial charge in [0.05, 0.1) is 5.69 Å². The van der Waals surface area contributed by atoms with E-state index in [2.05, 4.69) is 78.9 Å². The van der Waals surface area contributed by atoms with Crippen molar-refractivity contribution >= 4 is 10.8 Å². The summed E-state index contributed by atoms with van der Waals surface area (Å²) in [4.78, 5) is 1.69. The predicted octanol–water partition coefficient (Wildman–Crippen LogP) is 8.68. The Bertz CT molecular complexity index is 1850. The number of nitrogens with zero attached hydrogens (tertiary/aromatic N) is 3. The van der Waals surface area contributed by atoms with Gasteiger partial charge in [-0.25, -0.2) is 0 Å². The summed E-state index contributed by atoms with van der Waals surface area (Å²) >= 11 is 0. The Morgan fingerprint density at radius 2 is 0.921 bits per heavy atom. The molecule has 2 aromatic heterocycles. The Kier molecular flexibility index (Phi) is 5.41. The zero-order valence-electron chi connectivity index (χ0n) is 20.5. The summed E-state index contributed by atoms with van der Waals surface area (Å²) < 4.78 is 6.80. The van der Waals surface area contributed by atoms with Gasteiger partial charge in [-0.1, -0.05) is 127 Å². The molecular weight excluding hydrogens is 466 g/mol. The number of hydrogen-bond donors (Lipinski definition) is 0. The fraction of sp³-hybridized carbons (Fsp3) is 0. The van der Waals surface area contributed by atoms with Gasteiger partial charge in [0.2, 0.25) is 0 Å². The van der Waals surface area contributed by atoms with Gasteiger partial charge in [0.1, 0.15) is 11.5 Å². The number of fused-ring (bicyclic) bond motifs is 1. The summed E-state index contributed by atoms with van der Waals surface area (Å²) in [6, 6.07) is 47.2. The van der Waals surface area contributed by atoms with Crippen LogP contribution in [0, 0.1) is 0 Å². The molecule has 0 radical (unpaired) electrons. The van der Waals surface area contributed by atoms with Crippen molar-refractivity contribution in [2.24, 2.45) is 0 Å². The molecule has 5 aromatic carbocycles. The third kappa shape index (κ3) is 3.80. The van der Waals surface area contributed by atoms with Crippen molar-refractivity contribution in [1.29, 1.82) is 0 Å². The highest BCUT2D eigenvalue weighted by molar-refractivity contribution is 6.05. The van der Waals surface area contributed by atoms with E-state index in [1.165, 1.54) is 0 Å². The van der Waals surface area contributed by atoms with Crippen LogP contribution in [0.1, 0.15) is 0 Å². The standard InChI is InChI=1S/C34H23N3O/c1-4-14-24(15-5-1)27-20-10-11-21-28(27)33-29-22-12-13-23-30(29)34(38-33)32-31(25-16-6-2-7-17-25)35-37(36-32)26-18-8-3-9-19-26/h1-23H. The van der Waals surface area contributed by atoms with Crippen LogP contribution in [-0.2, 0) is 0 Å². The van der Waals surface area contributed by atoms with E-state index in [-0.39, 0.29) is 0 Å². The van der Waals surface area contributed by atoms with E-state index in [0.29, 0.717) is 11.5 Å². The second kappa shape index (κ2) is 9.34. The van der Waals surface area contributed by atoms with E-state index in [9.17, 15) is 0 Å². The molecule has 0 amide bonds. The van der Waals surface area contributed by atoms with E-state index < -0.39 is 0 Å². The van der Waals surface area contributed by atoms with Crippen LogP contribution in [0.15, 0.2) is 144 Å². The third-order valence-corrected chi connectivity index (χ3v) is 6.74. The molecular formula is C34H23N3O. The molecule has 0 saturated carbocycles. The van der Waals surface area contributed by atoms with Crippen LogP contribution >= 0.6 is 0 Å². The Morgan fingerprint density at radius 1 is 0.421 bits per heavy atom. The van der Waals surface area contributed by atoms with Crippen molar-refractivity contribution in [2.75, 3.05) is 0 Å². The van der Waals surface area contributed by atoms with Gasteiger partial charge in [-0.05, 0) is 23.3 Å². The summed E-state index contributed by atoms with van der Waals surface area (Å²) in [5, 5.41) is 11.9. The fourth-order valence-corrected chi connectivity index (χ4v) is 4.94. The SMILES string of the molecule is c1ccc(-c2ccccc2-c2oc(-c3nn(-c4ccccc4)nc3-c3ccccc3)c3ccccc23)cc1. The molecule has 180 valence electrons. The van der Waals surface area contributed by atoms with Crippen molar-refractivity contribution < 1.29 is 4.42 Å². The van der Waals surface area contributed by atoms with Gasteiger partial charge in [-0.3, -0.25) is 0 Å². The number of aromatic nitrogens is 3. The lowest BCUT2D eigenvalue weighted by atomic mass is 9.96. The van der Waals surface area contributed by atoms with Crippen molar-refractivity contribution in [1.82, 2.24) is 15.0 Å². The number of hydrogen-bond acceptors (Lipinski definition) is 3. The minimum absolute atomic E-state index is 0.708. The lowest BCUT2D eigenvalue weighted by Gasteiger charge is -2.08. The minimum Gasteiger partial charge on any atom is -0.453 e. The third-order valence-electron chi connectivity index (χ3n) is 6.74. The van der Waals surface area contributed by atoms with Crippen molar-refractivity contribution in [3.8, 4) is 50.8 Å². The monoisotopic (exact) mass is 489 g/mol. The van der Waals surface area contributed by atoms with Crippen LogP contribution in [0.4, 0.5) is 0 Å². The second-order valence-electron chi connectivity index (χ2n) is 9.11.